The number of sulfonamides is 1. The highest BCUT2D eigenvalue weighted by molar-refractivity contribution is 7.91. The fourth-order valence-electron chi connectivity index (χ4n) is 2.55. The molecule has 0 N–H and O–H groups in total. The van der Waals surface area contributed by atoms with Crippen molar-refractivity contribution in [3.05, 3.63) is 45.3 Å². The van der Waals surface area contributed by atoms with Crippen LogP contribution in [0.1, 0.15) is 4.88 Å². The van der Waals surface area contributed by atoms with Crippen LogP contribution < -0.4 is 4.90 Å². The molecule has 0 bridgehead atoms. The van der Waals surface area contributed by atoms with Gasteiger partial charge < -0.3 is 4.90 Å². The third-order valence-corrected chi connectivity index (χ3v) is 7.92. The van der Waals surface area contributed by atoms with E-state index in [0.717, 1.165) is 10.6 Å². The third kappa shape index (κ3) is 3.51. The van der Waals surface area contributed by atoms with E-state index in [-0.39, 0.29) is 0 Å². The summed E-state index contributed by atoms with van der Waals surface area (Å²) >= 11 is 13.3. The fourth-order valence-corrected chi connectivity index (χ4v) is 5.70. The van der Waals surface area contributed by atoms with Gasteiger partial charge in [0.15, 0.2) is 0 Å². The highest BCUT2D eigenvalue weighted by Gasteiger charge is 2.29. The second-order valence-corrected chi connectivity index (χ2v) is 9.62. The van der Waals surface area contributed by atoms with Gasteiger partial charge >= 0.3 is 0 Å². The average molecular weight is 391 g/mol. The lowest BCUT2D eigenvalue weighted by molar-refractivity contribution is 0.386. The van der Waals surface area contributed by atoms with Crippen LogP contribution in [0.2, 0.25) is 10.0 Å². The molecule has 23 heavy (non-hydrogen) atoms. The summed E-state index contributed by atoms with van der Waals surface area (Å²) in [5, 5.41) is 1.03. The van der Waals surface area contributed by atoms with E-state index in [9.17, 15) is 8.42 Å². The van der Waals surface area contributed by atoms with Crippen molar-refractivity contribution in [3.8, 4) is 0 Å². The van der Waals surface area contributed by atoms with Crippen molar-refractivity contribution in [1.82, 2.24) is 4.31 Å². The second kappa shape index (κ2) is 6.61. The average Bonchev–Trinajstić information content (AvgIpc) is 2.97. The quantitative estimate of drug-likeness (QED) is 0.798. The Bertz CT molecular complexity index is 813. The standard InChI is InChI=1S/C15H16Cl2N2O2S2/c1-11-2-5-15(22-11)23(20,21)19-8-6-18(7-9-19)12-3-4-13(16)14(17)10-12/h2-5,10H,6-9H2,1H3. The van der Waals surface area contributed by atoms with Crippen LogP contribution in [0.15, 0.2) is 34.5 Å². The Morgan fingerprint density at radius 2 is 1.70 bits per heavy atom. The first-order valence-corrected chi connectivity index (χ1v) is 10.2. The number of aryl methyl sites for hydroxylation is 1. The van der Waals surface area contributed by atoms with Crippen molar-refractivity contribution in [2.24, 2.45) is 0 Å². The Morgan fingerprint density at radius 1 is 1.00 bits per heavy atom. The molecule has 0 atom stereocenters. The maximum Gasteiger partial charge on any atom is 0.252 e. The van der Waals surface area contributed by atoms with Crippen molar-refractivity contribution >= 4 is 50.2 Å². The maximum absolute atomic E-state index is 12.6. The third-order valence-electron chi connectivity index (χ3n) is 3.82. The van der Waals surface area contributed by atoms with Gasteiger partial charge in [-0.25, -0.2) is 8.42 Å². The number of halogens is 2. The maximum atomic E-state index is 12.6. The van der Waals surface area contributed by atoms with Gasteiger partial charge in [-0.3, -0.25) is 0 Å². The van der Waals surface area contributed by atoms with E-state index < -0.39 is 10.0 Å². The molecule has 124 valence electrons. The van der Waals surface area contributed by atoms with Gasteiger partial charge in [0.2, 0.25) is 0 Å². The summed E-state index contributed by atoms with van der Waals surface area (Å²) < 4.78 is 27.2. The summed E-state index contributed by atoms with van der Waals surface area (Å²) in [6.45, 7) is 4.08. The number of piperazine rings is 1. The molecule has 0 unspecified atom stereocenters. The van der Waals surface area contributed by atoms with Crippen LogP contribution in [-0.4, -0.2) is 38.9 Å². The molecule has 2 aromatic rings. The van der Waals surface area contributed by atoms with E-state index >= 15 is 0 Å². The summed E-state index contributed by atoms with van der Waals surface area (Å²) in [6, 6.07) is 9.00. The molecule has 1 aromatic heterocycles. The molecule has 1 aliphatic rings. The smallest absolute Gasteiger partial charge is 0.252 e. The summed E-state index contributed by atoms with van der Waals surface area (Å²) in [6.07, 6.45) is 0. The van der Waals surface area contributed by atoms with Crippen molar-refractivity contribution < 1.29 is 8.42 Å². The molecule has 0 aliphatic carbocycles. The molecule has 0 saturated carbocycles. The number of thiophene rings is 1. The topological polar surface area (TPSA) is 40.6 Å². The highest BCUT2D eigenvalue weighted by Crippen LogP contribution is 2.29. The zero-order valence-corrected chi connectivity index (χ0v) is 15.6. The van der Waals surface area contributed by atoms with Crippen LogP contribution in [0, 0.1) is 6.92 Å². The summed E-state index contributed by atoms with van der Waals surface area (Å²) in [5.41, 5.74) is 0.961. The van der Waals surface area contributed by atoms with Crippen molar-refractivity contribution in [2.75, 3.05) is 31.1 Å². The molecular weight excluding hydrogens is 375 g/mol. The molecule has 8 heteroatoms. The first kappa shape index (κ1) is 17.0. The van der Waals surface area contributed by atoms with Gasteiger partial charge in [0.1, 0.15) is 4.21 Å². The molecule has 1 fully saturated rings. The number of benzene rings is 1. The van der Waals surface area contributed by atoms with Crippen molar-refractivity contribution in [2.45, 2.75) is 11.1 Å². The van der Waals surface area contributed by atoms with Gasteiger partial charge in [0.25, 0.3) is 10.0 Å². The lowest BCUT2D eigenvalue weighted by atomic mass is 10.2. The Kier molecular flexibility index (Phi) is 4.90. The van der Waals surface area contributed by atoms with E-state index in [0.29, 0.717) is 40.4 Å². The van der Waals surface area contributed by atoms with Crippen molar-refractivity contribution in [3.63, 3.8) is 0 Å². The molecule has 0 spiro atoms. The number of rotatable bonds is 3. The highest BCUT2D eigenvalue weighted by atomic mass is 35.5. The lowest BCUT2D eigenvalue weighted by Gasteiger charge is -2.35. The molecule has 1 aromatic carbocycles. The SMILES string of the molecule is Cc1ccc(S(=O)(=O)N2CCN(c3ccc(Cl)c(Cl)c3)CC2)s1. The van der Waals surface area contributed by atoms with Crippen LogP contribution >= 0.6 is 34.5 Å². The van der Waals surface area contributed by atoms with Gasteiger partial charge in [-0.15, -0.1) is 11.3 Å². The zero-order valence-electron chi connectivity index (χ0n) is 12.5. The van der Waals surface area contributed by atoms with Crippen LogP contribution in [0.5, 0.6) is 0 Å². The molecule has 3 rings (SSSR count). The number of hydrogen-bond acceptors (Lipinski definition) is 4. The Labute approximate surface area is 150 Å². The minimum atomic E-state index is -3.38. The van der Waals surface area contributed by atoms with E-state index in [1.165, 1.54) is 11.3 Å². The first-order chi connectivity index (χ1) is 10.9. The largest absolute Gasteiger partial charge is 0.369 e. The van der Waals surface area contributed by atoms with Gasteiger partial charge in [-0.05, 0) is 37.3 Å². The van der Waals surface area contributed by atoms with E-state index in [1.54, 1.807) is 16.4 Å². The monoisotopic (exact) mass is 390 g/mol. The van der Waals surface area contributed by atoms with Gasteiger partial charge in [0, 0.05) is 36.7 Å². The minimum absolute atomic E-state index is 0.415. The minimum Gasteiger partial charge on any atom is -0.369 e. The summed E-state index contributed by atoms with van der Waals surface area (Å²) in [7, 11) is -3.38. The predicted octanol–water partition coefficient (Wildman–Crippen LogP) is 3.87. The summed E-state index contributed by atoms with van der Waals surface area (Å²) in [5.74, 6) is 0. The molecular formula is C15H16Cl2N2O2S2. The molecule has 4 nitrogen and oxygen atoms in total. The van der Waals surface area contributed by atoms with Crippen LogP contribution in [-0.2, 0) is 10.0 Å². The van der Waals surface area contributed by atoms with E-state index in [4.69, 9.17) is 23.2 Å². The van der Waals surface area contributed by atoms with Crippen LogP contribution in [0.4, 0.5) is 5.69 Å². The first-order valence-electron chi connectivity index (χ1n) is 7.14. The van der Waals surface area contributed by atoms with Crippen LogP contribution in [0.3, 0.4) is 0 Å². The van der Waals surface area contributed by atoms with Crippen LogP contribution in [0.25, 0.3) is 0 Å². The number of anilines is 1. The molecule has 0 amide bonds. The normalized spacial score (nSPS) is 16.7. The van der Waals surface area contributed by atoms with Gasteiger partial charge in [-0.1, -0.05) is 23.2 Å². The summed E-state index contributed by atoms with van der Waals surface area (Å²) in [4.78, 5) is 3.12. The van der Waals surface area contributed by atoms with Gasteiger partial charge in [-0.2, -0.15) is 4.31 Å². The number of nitrogens with zero attached hydrogens (tertiary/aromatic N) is 2. The molecule has 1 saturated heterocycles. The van der Waals surface area contributed by atoms with E-state index in [1.807, 2.05) is 25.1 Å². The fraction of sp³-hybridized carbons (Fsp3) is 0.333. The van der Waals surface area contributed by atoms with Crippen molar-refractivity contribution in [1.29, 1.82) is 0 Å². The molecule has 0 radical (unpaired) electrons. The van der Waals surface area contributed by atoms with Gasteiger partial charge in [0.05, 0.1) is 10.0 Å². The number of hydrogen-bond donors (Lipinski definition) is 0. The second-order valence-electron chi connectivity index (χ2n) is 5.35. The van der Waals surface area contributed by atoms with E-state index in [2.05, 4.69) is 4.90 Å². The lowest BCUT2D eigenvalue weighted by Crippen LogP contribution is -2.48. The molecule has 2 heterocycles. The zero-order chi connectivity index (χ0) is 16.6. The Morgan fingerprint density at radius 3 is 2.26 bits per heavy atom. The predicted molar refractivity (Wildman–Crippen MR) is 96.5 cm³/mol. The Balaban J connectivity index is 1.72. The molecule has 1 aliphatic heterocycles. The Hall–Kier alpha value is -0.790.